The summed E-state index contributed by atoms with van der Waals surface area (Å²) in [4.78, 5) is 0. The van der Waals surface area contributed by atoms with E-state index in [-0.39, 0.29) is 0 Å². The lowest BCUT2D eigenvalue weighted by Crippen LogP contribution is -2.03. The zero-order valence-corrected chi connectivity index (χ0v) is 14.4. The van der Waals surface area contributed by atoms with Crippen molar-refractivity contribution in [1.29, 1.82) is 0 Å². The van der Waals surface area contributed by atoms with Crippen molar-refractivity contribution in [1.82, 2.24) is 4.57 Å². The van der Waals surface area contributed by atoms with Crippen molar-refractivity contribution in [2.24, 2.45) is 0 Å². The number of benzene rings is 2. The van der Waals surface area contributed by atoms with Crippen LogP contribution in [0.2, 0.25) is 5.02 Å². The Morgan fingerprint density at radius 1 is 1.04 bits per heavy atom. The molecule has 2 aromatic carbocycles. The molecule has 3 heteroatoms. The molecule has 0 N–H and O–H groups in total. The first-order valence-electron chi connectivity index (χ1n) is 8.10. The molecule has 0 atom stereocenters. The molecule has 0 radical (unpaired) electrons. The van der Waals surface area contributed by atoms with Crippen LogP contribution < -0.4 is 4.74 Å². The van der Waals surface area contributed by atoms with Gasteiger partial charge in [0, 0.05) is 23.3 Å². The van der Waals surface area contributed by atoms with Gasteiger partial charge in [0.05, 0.1) is 6.61 Å². The van der Waals surface area contributed by atoms with Gasteiger partial charge in [-0.15, -0.1) is 0 Å². The Morgan fingerprint density at radius 3 is 2.57 bits per heavy atom. The molecular formula is C20H22ClNO. The van der Waals surface area contributed by atoms with E-state index in [4.69, 9.17) is 16.3 Å². The quantitative estimate of drug-likeness (QED) is 0.515. The predicted molar refractivity (Wildman–Crippen MR) is 97.6 cm³/mol. The zero-order valence-electron chi connectivity index (χ0n) is 13.6. The SMILES string of the molecule is CC(C)c1ccc2c(ccn2CCCOc2ccc(Cl)cc2)c1. The van der Waals surface area contributed by atoms with Crippen LogP contribution in [0.4, 0.5) is 0 Å². The van der Waals surface area contributed by atoms with Gasteiger partial charge in [-0.2, -0.15) is 0 Å². The largest absolute Gasteiger partial charge is 0.494 e. The summed E-state index contributed by atoms with van der Waals surface area (Å²) >= 11 is 5.87. The van der Waals surface area contributed by atoms with Crippen LogP contribution in [-0.2, 0) is 6.54 Å². The topological polar surface area (TPSA) is 14.2 Å². The maximum Gasteiger partial charge on any atom is 0.119 e. The third kappa shape index (κ3) is 3.89. The molecule has 0 amide bonds. The molecule has 0 spiro atoms. The van der Waals surface area contributed by atoms with Gasteiger partial charge in [0.15, 0.2) is 0 Å². The number of ether oxygens (including phenoxy) is 1. The molecular weight excluding hydrogens is 306 g/mol. The number of nitrogens with zero attached hydrogens (tertiary/aromatic N) is 1. The summed E-state index contributed by atoms with van der Waals surface area (Å²) < 4.78 is 8.05. The molecule has 0 aliphatic heterocycles. The zero-order chi connectivity index (χ0) is 16.2. The average Bonchev–Trinajstić information content (AvgIpc) is 2.95. The summed E-state index contributed by atoms with van der Waals surface area (Å²) in [5.74, 6) is 1.43. The van der Waals surface area contributed by atoms with E-state index >= 15 is 0 Å². The van der Waals surface area contributed by atoms with Gasteiger partial charge < -0.3 is 9.30 Å². The average molecular weight is 328 g/mol. The molecule has 1 heterocycles. The summed E-state index contributed by atoms with van der Waals surface area (Å²) in [6, 6.07) is 16.5. The molecule has 0 unspecified atom stereocenters. The van der Waals surface area contributed by atoms with E-state index in [0.717, 1.165) is 23.7 Å². The van der Waals surface area contributed by atoms with E-state index < -0.39 is 0 Å². The van der Waals surface area contributed by atoms with Gasteiger partial charge in [0.25, 0.3) is 0 Å². The highest BCUT2D eigenvalue weighted by Gasteiger charge is 2.04. The van der Waals surface area contributed by atoms with Crippen LogP contribution in [0, 0.1) is 0 Å². The highest BCUT2D eigenvalue weighted by Crippen LogP contribution is 2.22. The molecule has 3 aromatic rings. The number of aromatic nitrogens is 1. The molecule has 0 aliphatic rings. The summed E-state index contributed by atoms with van der Waals surface area (Å²) in [7, 11) is 0. The van der Waals surface area contributed by atoms with E-state index in [0.29, 0.717) is 12.5 Å². The van der Waals surface area contributed by atoms with Crippen molar-refractivity contribution in [3.63, 3.8) is 0 Å². The minimum atomic E-state index is 0.565. The van der Waals surface area contributed by atoms with E-state index in [1.807, 2.05) is 24.3 Å². The maximum atomic E-state index is 5.87. The second-order valence-electron chi connectivity index (χ2n) is 6.14. The summed E-state index contributed by atoms with van der Waals surface area (Å²) in [5, 5.41) is 2.05. The summed E-state index contributed by atoms with van der Waals surface area (Å²) in [6.07, 6.45) is 3.13. The second-order valence-corrected chi connectivity index (χ2v) is 6.57. The van der Waals surface area contributed by atoms with Crippen LogP contribution in [0.25, 0.3) is 10.9 Å². The molecule has 2 nitrogen and oxygen atoms in total. The third-order valence-corrected chi connectivity index (χ3v) is 4.34. The Kier molecular flexibility index (Phi) is 4.92. The van der Waals surface area contributed by atoms with Gasteiger partial charge in [-0.1, -0.05) is 31.5 Å². The Morgan fingerprint density at radius 2 is 1.83 bits per heavy atom. The molecule has 3 rings (SSSR count). The van der Waals surface area contributed by atoms with E-state index in [9.17, 15) is 0 Å². The molecule has 23 heavy (non-hydrogen) atoms. The Hall–Kier alpha value is -1.93. The van der Waals surface area contributed by atoms with Crippen LogP contribution in [0.1, 0.15) is 31.7 Å². The minimum absolute atomic E-state index is 0.565. The lowest BCUT2D eigenvalue weighted by Gasteiger charge is -2.09. The third-order valence-electron chi connectivity index (χ3n) is 4.09. The number of rotatable bonds is 6. The van der Waals surface area contributed by atoms with Gasteiger partial charge in [0.2, 0.25) is 0 Å². The molecule has 0 bridgehead atoms. The second kappa shape index (κ2) is 7.10. The highest BCUT2D eigenvalue weighted by molar-refractivity contribution is 6.30. The first-order chi connectivity index (χ1) is 11.1. The fraction of sp³-hybridized carbons (Fsp3) is 0.300. The van der Waals surface area contributed by atoms with Crippen LogP contribution in [0.15, 0.2) is 54.7 Å². The van der Waals surface area contributed by atoms with Crippen LogP contribution in [0.5, 0.6) is 5.75 Å². The molecule has 0 fully saturated rings. The Bertz CT molecular complexity index is 774. The Balaban J connectivity index is 1.58. The molecule has 0 aliphatic carbocycles. The van der Waals surface area contributed by atoms with Gasteiger partial charge in [-0.25, -0.2) is 0 Å². The van der Waals surface area contributed by atoms with Crippen LogP contribution >= 0.6 is 11.6 Å². The first-order valence-corrected chi connectivity index (χ1v) is 8.48. The molecule has 0 saturated heterocycles. The summed E-state index contributed by atoms with van der Waals surface area (Å²) in [6.45, 7) is 6.11. The number of hydrogen-bond acceptors (Lipinski definition) is 1. The summed E-state index contributed by atoms with van der Waals surface area (Å²) in [5.41, 5.74) is 2.68. The molecule has 0 saturated carbocycles. The van der Waals surface area contributed by atoms with E-state index in [1.165, 1.54) is 16.5 Å². The normalized spacial score (nSPS) is 11.3. The van der Waals surface area contributed by atoms with Gasteiger partial charge in [-0.3, -0.25) is 0 Å². The van der Waals surface area contributed by atoms with Crippen molar-refractivity contribution in [2.75, 3.05) is 6.61 Å². The van der Waals surface area contributed by atoms with Crippen LogP contribution in [0.3, 0.4) is 0 Å². The number of hydrogen-bond donors (Lipinski definition) is 0. The smallest absolute Gasteiger partial charge is 0.119 e. The van der Waals surface area contributed by atoms with Crippen LogP contribution in [-0.4, -0.2) is 11.2 Å². The van der Waals surface area contributed by atoms with Crippen molar-refractivity contribution in [2.45, 2.75) is 32.7 Å². The lowest BCUT2D eigenvalue weighted by atomic mass is 10.0. The van der Waals surface area contributed by atoms with Crippen molar-refractivity contribution < 1.29 is 4.74 Å². The van der Waals surface area contributed by atoms with E-state index in [1.54, 1.807) is 0 Å². The fourth-order valence-corrected chi connectivity index (χ4v) is 2.85. The number of halogens is 1. The number of aryl methyl sites for hydroxylation is 1. The van der Waals surface area contributed by atoms with Gasteiger partial charge >= 0.3 is 0 Å². The predicted octanol–water partition coefficient (Wildman–Crippen LogP) is 5.89. The minimum Gasteiger partial charge on any atom is -0.494 e. The van der Waals surface area contributed by atoms with Crippen molar-refractivity contribution >= 4 is 22.5 Å². The Labute approximate surface area is 142 Å². The number of fused-ring (bicyclic) bond motifs is 1. The van der Waals surface area contributed by atoms with E-state index in [2.05, 4.69) is 48.9 Å². The van der Waals surface area contributed by atoms with Crippen molar-refractivity contribution in [3.05, 3.63) is 65.3 Å². The molecule has 1 aromatic heterocycles. The molecule has 120 valence electrons. The van der Waals surface area contributed by atoms with Crippen molar-refractivity contribution in [3.8, 4) is 5.75 Å². The fourth-order valence-electron chi connectivity index (χ4n) is 2.73. The van der Waals surface area contributed by atoms with Gasteiger partial charge in [0.1, 0.15) is 5.75 Å². The van der Waals surface area contributed by atoms with Gasteiger partial charge in [-0.05, 0) is 65.8 Å². The lowest BCUT2D eigenvalue weighted by molar-refractivity contribution is 0.302. The maximum absolute atomic E-state index is 5.87. The first kappa shape index (κ1) is 15.9. The standard InChI is InChI=1S/C20H22ClNO/c1-15(2)16-4-9-20-17(14-16)10-12-22(20)11-3-13-23-19-7-5-18(21)6-8-19/h4-10,12,14-15H,3,11,13H2,1-2H3. The monoisotopic (exact) mass is 327 g/mol. The highest BCUT2D eigenvalue weighted by atomic mass is 35.5.